The molecule has 0 amide bonds. The van der Waals surface area contributed by atoms with Crippen LogP contribution in [0.5, 0.6) is 0 Å². The van der Waals surface area contributed by atoms with Crippen molar-refractivity contribution in [1.29, 1.82) is 0 Å². The molecule has 0 unspecified atom stereocenters. The van der Waals surface area contributed by atoms with Gasteiger partial charge in [-0.3, -0.25) is 0 Å². The Morgan fingerprint density at radius 1 is 0.867 bits per heavy atom. The molecule has 30 heavy (non-hydrogen) atoms. The molecule has 0 bridgehead atoms. The third kappa shape index (κ3) is 3.84. The number of hydrogen-bond donors (Lipinski definition) is 0. The Kier molecular flexibility index (Phi) is 7.08. The summed E-state index contributed by atoms with van der Waals surface area (Å²) in [4.78, 5) is 0. The molecule has 0 spiro atoms. The molecule has 0 nitrogen and oxygen atoms in total. The van der Waals surface area contributed by atoms with Crippen molar-refractivity contribution in [1.82, 2.24) is 0 Å². The zero-order valence-corrected chi connectivity index (χ0v) is 20.9. The summed E-state index contributed by atoms with van der Waals surface area (Å²) < 4.78 is 1.50. The van der Waals surface area contributed by atoms with Crippen molar-refractivity contribution in [3.63, 3.8) is 0 Å². The van der Waals surface area contributed by atoms with E-state index in [1.54, 1.807) is 0 Å². The summed E-state index contributed by atoms with van der Waals surface area (Å²) in [6.45, 7) is 4.48. The van der Waals surface area contributed by atoms with Crippen LogP contribution in [0.25, 0.3) is 26.1 Å². The summed E-state index contributed by atoms with van der Waals surface area (Å²) in [6.07, 6.45) is 10.1. The predicted octanol–water partition coefficient (Wildman–Crippen LogP) is -0.833. The maximum Gasteiger partial charge on any atom is -1.00 e. The fourth-order valence-corrected chi connectivity index (χ4v) is 5.57. The summed E-state index contributed by atoms with van der Waals surface area (Å²) >= 11 is 1.49. The van der Waals surface area contributed by atoms with E-state index >= 15 is 0 Å². The molecular formula is C27H21Cl2Zr. The molecular weight excluding hydrogens is 486 g/mol. The number of aryl methyl sites for hydroxylation is 1. The van der Waals surface area contributed by atoms with E-state index < -0.39 is 0 Å². The van der Waals surface area contributed by atoms with E-state index in [1.807, 2.05) is 0 Å². The van der Waals surface area contributed by atoms with Gasteiger partial charge in [-0.2, -0.15) is 0 Å². The van der Waals surface area contributed by atoms with Crippen molar-refractivity contribution in [2.75, 3.05) is 0 Å². The summed E-state index contributed by atoms with van der Waals surface area (Å²) in [5, 5.41) is 2.79. The summed E-state index contributed by atoms with van der Waals surface area (Å²) in [5.41, 5.74) is 11.1. The first-order valence-corrected chi connectivity index (χ1v) is 11.0. The van der Waals surface area contributed by atoms with Gasteiger partial charge in [0.2, 0.25) is 0 Å². The van der Waals surface area contributed by atoms with Crippen LogP contribution in [0, 0.1) is 13.8 Å². The number of rotatable bonds is 2. The van der Waals surface area contributed by atoms with Gasteiger partial charge in [0, 0.05) is 0 Å². The van der Waals surface area contributed by atoms with Gasteiger partial charge in [-0.25, -0.2) is 0 Å². The second-order valence-electron chi connectivity index (χ2n) is 7.69. The number of halogens is 2. The molecule has 0 radical (unpaired) electrons. The maximum atomic E-state index is 2.41. The van der Waals surface area contributed by atoms with E-state index in [4.69, 9.17) is 0 Å². The molecule has 0 aromatic heterocycles. The predicted molar refractivity (Wildman–Crippen MR) is 115 cm³/mol. The number of fused-ring (bicyclic) bond motifs is 3. The monoisotopic (exact) mass is 505 g/mol. The van der Waals surface area contributed by atoms with Crippen molar-refractivity contribution in [2.24, 2.45) is 0 Å². The van der Waals surface area contributed by atoms with Gasteiger partial charge in [0.1, 0.15) is 0 Å². The van der Waals surface area contributed by atoms with Crippen LogP contribution in [-0.2, 0) is 24.7 Å². The van der Waals surface area contributed by atoms with E-state index in [0.29, 0.717) is 0 Å². The van der Waals surface area contributed by atoms with Crippen molar-refractivity contribution >= 4 is 14.9 Å². The van der Waals surface area contributed by atoms with Gasteiger partial charge in [-0.05, 0) is 0 Å². The molecule has 0 heterocycles. The Bertz CT molecular complexity index is 1300. The van der Waals surface area contributed by atoms with E-state index in [0.717, 1.165) is 6.42 Å². The van der Waals surface area contributed by atoms with Crippen LogP contribution in [0.1, 0.15) is 34.2 Å². The first-order chi connectivity index (χ1) is 13.6. The van der Waals surface area contributed by atoms with E-state index in [2.05, 4.69) is 92.7 Å². The van der Waals surface area contributed by atoms with Crippen LogP contribution in [0.2, 0.25) is 0 Å². The Hall–Kier alpha value is -1.66. The maximum absolute atomic E-state index is 2.41. The molecule has 3 heteroatoms. The van der Waals surface area contributed by atoms with Crippen molar-refractivity contribution in [2.45, 2.75) is 20.3 Å². The van der Waals surface area contributed by atoms with Gasteiger partial charge >= 0.3 is 182 Å². The molecule has 0 saturated heterocycles. The third-order valence-electron chi connectivity index (χ3n) is 5.83. The molecule has 0 aliphatic heterocycles. The van der Waals surface area contributed by atoms with Gasteiger partial charge < -0.3 is 24.8 Å². The molecule has 0 fully saturated rings. The van der Waals surface area contributed by atoms with Crippen molar-refractivity contribution < 1.29 is 49.5 Å². The van der Waals surface area contributed by atoms with E-state index in [1.165, 1.54) is 83.0 Å². The second kappa shape index (κ2) is 9.23. The first kappa shape index (κ1) is 23.0. The fourth-order valence-electron chi connectivity index (χ4n) is 4.42. The van der Waals surface area contributed by atoms with E-state index in [-0.39, 0.29) is 24.8 Å². The topological polar surface area (TPSA) is 0 Å². The minimum atomic E-state index is 0. The Morgan fingerprint density at radius 2 is 1.63 bits per heavy atom. The Morgan fingerprint density at radius 3 is 2.33 bits per heavy atom. The fraction of sp³-hybridized carbons (Fsp3) is 0.111. The van der Waals surface area contributed by atoms with Crippen molar-refractivity contribution in [3.05, 3.63) is 111 Å². The Labute approximate surface area is 205 Å². The molecule has 5 rings (SSSR count). The number of benzene rings is 3. The zero-order chi connectivity index (χ0) is 19.3. The van der Waals surface area contributed by atoms with Gasteiger partial charge in [0.25, 0.3) is 0 Å². The first-order valence-electron chi connectivity index (χ1n) is 9.77. The summed E-state index contributed by atoms with van der Waals surface area (Å²) in [7, 11) is 0. The standard InChI is InChI=1S/C27H21.2ClH.Zr/c1-18-12-13-24-23(14-18)17-26-25(24)16-22(15-20-8-4-3-5-9-20)19(2)27(26)21-10-6-7-11-21;;;/h3-10,12-16H,11H2,1-2H3;2*1H;/q;;;+2/p-2. The Balaban J connectivity index is 0.00000128. The van der Waals surface area contributed by atoms with Gasteiger partial charge in [0.05, 0.1) is 0 Å². The number of hydrogen-bond acceptors (Lipinski definition) is 0. The summed E-state index contributed by atoms with van der Waals surface area (Å²) in [6, 6.07) is 20.0. The zero-order valence-electron chi connectivity index (χ0n) is 17.0. The van der Waals surface area contributed by atoms with Crippen LogP contribution in [0.4, 0.5) is 0 Å². The summed E-state index contributed by atoms with van der Waals surface area (Å²) in [5.74, 6) is 0. The minimum Gasteiger partial charge on any atom is -1.00 e. The quantitative estimate of drug-likeness (QED) is 0.425. The minimum absolute atomic E-state index is 0. The van der Waals surface area contributed by atoms with Gasteiger partial charge in [-0.15, -0.1) is 0 Å². The SMILES string of the molecule is Cc1ccc2c(c1)[C]([Zr+2])=c1c-2cc(=Cc2ccccc2)c(C)c1C1=CC=CC1.[Cl-].[Cl-]. The van der Waals surface area contributed by atoms with Crippen LogP contribution in [-0.4, -0.2) is 0 Å². The molecule has 2 aliphatic carbocycles. The molecule has 0 atom stereocenters. The average Bonchev–Trinajstić information content (AvgIpc) is 3.31. The van der Waals surface area contributed by atoms with Crippen LogP contribution >= 0.6 is 0 Å². The molecule has 3 aromatic rings. The van der Waals surface area contributed by atoms with Gasteiger partial charge in [-0.1, -0.05) is 0 Å². The smallest absolute Gasteiger partial charge is 1.00 e. The number of allylic oxidation sites excluding steroid dienone is 4. The molecule has 0 saturated carbocycles. The van der Waals surface area contributed by atoms with Crippen LogP contribution in [0.3, 0.4) is 0 Å². The van der Waals surface area contributed by atoms with Crippen LogP contribution in [0.15, 0.2) is 72.8 Å². The molecule has 0 N–H and O–H groups in total. The van der Waals surface area contributed by atoms with Crippen molar-refractivity contribution in [3.8, 4) is 11.1 Å². The van der Waals surface area contributed by atoms with E-state index in [9.17, 15) is 0 Å². The molecule has 2 aliphatic rings. The molecule has 3 aromatic carbocycles. The second-order valence-corrected chi connectivity index (χ2v) is 8.92. The molecule has 147 valence electrons. The third-order valence-corrected chi connectivity index (χ3v) is 7.10. The van der Waals surface area contributed by atoms with Crippen LogP contribution < -0.4 is 35.3 Å². The average molecular weight is 508 g/mol. The van der Waals surface area contributed by atoms with Gasteiger partial charge in [0.15, 0.2) is 0 Å². The largest absolute Gasteiger partial charge is 1.00 e. The normalized spacial score (nSPS) is 14.1.